The quantitative estimate of drug-likeness (QED) is 0.114. The van der Waals surface area contributed by atoms with Crippen molar-refractivity contribution in [3.63, 3.8) is 0 Å². The minimum absolute atomic E-state index is 0.966. The van der Waals surface area contributed by atoms with Crippen LogP contribution in [0.15, 0.2) is 138 Å². The fourth-order valence-corrected chi connectivity index (χ4v) is 8.20. The van der Waals surface area contributed by atoms with E-state index in [-0.39, 0.29) is 0 Å². The van der Waals surface area contributed by atoms with Crippen molar-refractivity contribution in [2.75, 3.05) is 0 Å². The third-order valence-electron chi connectivity index (χ3n) is 10.5. The number of unbranched alkanes of at least 4 members (excludes halogenated alkanes) is 2. The van der Waals surface area contributed by atoms with E-state index in [1.54, 1.807) is 0 Å². The molecule has 1 heteroatoms. The van der Waals surface area contributed by atoms with Crippen molar-refractivity contribution in [3.8, 4) is 33.4 Å². The zero-order valence-electron chi connectivity index (χ0n) is 28.4. The van der Waals surface area contributed by atoms with Gasteiger partial charge in [0.25, 0.3) is 0 Å². The summed E-state index contributed by atoms with van der Waals surface area (Å²) in [7, 11) is 0. The summed E-state index contributed by atoms with van der Waals surface area (Å²) in [6.45, 7) is 4.51. The molecule has 9 rings (SSSR count). The van der Waals surface area contributed by atoms with Crippen molar-refractivity contribution >= 4 is 54.3 Å². The lowest BCUT2D eigenvalue weighted by atomic mass is 9.84. The lowest BCUT2D eigenvalue weighted by Gasteiger charge is -2.19. The van der Waals surface area contributed by atoms with Gasteiger partial charge in [0.15, 0.2) is 0 Å². The van der Waals surface area contributed by atoms with Crippen molar-refractivity contribution in [2.45, 2.75) is 52.4 Å². The van der Waals surface area contributed by atoms with Gasteiger partial charge in [-0.1, -0.05) is 136 Å². The maximum atomic E-state index is 6.55. The van der Waals surface area contributed by atoms with E-state index in [2.05, 4.69) is 147 Å². The maximum Gasteiger partial charge on any atom is 0.136 e. The normalized spacial score (nSPS) is 12.0. The van der Waals surface area contributed by atoms with E-state index in [0.29, 0.717) is 0 Å². The van der Waals surface area contributed by atoms with Gasteiger partial charge in [0.05, 0.1) is 0 Å². The van der Waals surface area contributed by atoms with Gasteiger partial charge in [-0.05, 0) is 127 Å². The monoisotopic (exact) mass is 632 g/mol. The molecule has 0 atom stereocenters. The number of hydrogen-bond acceptors (Lipinski definition) is 1. The Morgan fingerprint density at radius 1 is 0.429 bits per heavy atom. The highest BCUT2D eigenvalue weighted by atomic mass is 16.3. The second-order valence-corrected chi connectivity index (χ2v) is 13.7. The second-order valence-electron chi connectivity index (χ2n) is 13.7. The SMILES string of the molecule is CCCCc1cccc(-c2cccc(-c3c4ccccc4c(-c4ccc5oc6cc(CCCC)cc7ccc4c5c76)c4ccccc34)c2)c1. The molecule has 0 aliphatic rings. The Hall–Kier alpha value is -5.40. The molecular formula is C48H40O. The van der Waals surface area contributed by atoms with Gasteiger partial charge in [-0.3, -0.25) is 0 Å². The van der Waals surface area contributed by atoms with Crippen LogP contribution in [0, 0.1) is 0 Å². The summed E-state index contributed by atoms with van der Waals surface area (Å²) in [5, 5.41) is 10.1. The number of furan rings is 1. The van der Waals surface area contributed by atoms with E-state index >= 15 is 0 Å². The smallest absolute Gasteiger partial charge is 0.136 e. The summed E-state index contributed by atoms with van der Waals surface area (Å²) in [5.41, 5.74) is 12.4. The molecule has 49 heavy (non-hydrogen) atoms. The molecule has 1 aromatic heterocycles. The lowest BCUT2D eigenvalue weighted by molar-refractivity contribution is 0.668. The molecule has 0 radical (unpaired) electrons. The molecule has 0 amide bonds. The number of benzene rings is 8. The molecule has 0 spiro atoms. The van der Waals surface area contributed by atoms with Crippen LogP contribution in [0.4, 0.5) is 0 Å². The highest BCUT2D eigenvalue weighted by Gasteiger charge is 2.21. The Balaban J connectivity index is 1.26. The van der Waals surface area contributed by atoms with Crippen molar-refractivity contribution in [2.24, 2.45) is 0 Å². The molecule has 0 aliphatic carbocycles. The molecular weight excluding hydrogens is 593 g/mol. The first-order valence-electron chi connectivity index (χ1n) is 18.1. The van der Waals surface area contributed by atoms with Crippen molar-refractivity contribution in [3.05, 3.63) is 145 Å². The van der Waals surface area contributed by atoms with Gasteiger partial charge >= 0.3 is 0 Å². The molecule has 0 unspecified atom stereocenters. The Morgan fingerprint density at radius 3 is 1.78 bits per heavy atom. The Morgan fingerprint density at radius 2 is 1.06 bits per heavy atom. The number of hydrogen-bond donors (Lipinski definition) is 0. The summed E-state index contributed by atoms with van der Waals surface area (Å²) in [4.78, 5) is 0. The summed E-state index contributed by atoms with van der Waals surface area (Å²) in [6, 6.07) is 50.0. The van der Waals surface area contributed by atoms with Crippen molar-refractivity contribution in [1.29, 1.82) is 0 Å². The molecule has 238 valence electrons. The summed E-state index contributed by atoms with van der Waals surface area (Å²) in [5.74, 6) is 0. The minimum atomic E-state index is 0.966. The molecule has 8 aromatic carbocycles. The molecule has 0 saturated carbocycles. The molecule has 1 heterocycles. The third-order valence-corrected chi connectivity index (χ3v) is 10.5. The van der Waals surface area contributed by atoms with Crippen LogP contribution < -0.4 is 0 Å². The van der Waals surface area contributed by atoms with E-state index in [1.807, 2.05) is 0 Å². The molecule has 1 nitrogen and oxygen atoms in total. The Bertz CT molecular complexity index is 2580. The predicted octanol–water partition coefficient (Wildman–Crippen LogP) is 14.2. The molecule has 0 saturated heterocycles. The highest BCUT2D eigenvalue weighted by molar-refractivity contribution is 6.28. The molecule has 0 bridgehead atoms. The fraction of sp³-hybridized carbons (Fsp3) is 0.167. The Kier molecular flexibility index (Phi) is 7.42. The largest absolute Gasteiger partial charge is 0.456 e. The number of rotatable bonds is 9. The molecule has 0 aliphatic heterocycles. The van der Waals surface area contributed by atoms with Gasteiger partial charge in [-0.2, -0.15) is 0 Å². The zero-order chi connectivity index (χ0) is 32.9. The lowest BCUT2D eigenvalue weighted by Crippen LogP contribution is -1.92. The fourth-order valence-electron chi connectivity index (χ4n) is 8.20. The average molecular weight is 633 g/mol. The van der Waals surface area contributed by atoms with Crippen LogP contribution in [-0.4, -0.2) is 0 Å². The second kappa shape index (κ2) is 12.2. The van der Waals surface area contributed by atoms with Crippen molar-refractivity contribution < 1.29 is 4.42 Å². The first-order chi connectivity index (χ1) is 24.2. The van der Waals surface area contributed by atoms with Gasteiger partial charge < -0.3 is 4.42 Å². The van der Waals surface area contributed by atoms with E-state index in [0.717, 1.165) is 24.0 Å². The summed E-state index contributed by atoms with van der Waals surface area (Å²) >= 11 is 0. The average Bonchev–Trinajstić information content (AvgIpc) is 3.53. The first kappa shape index (κ1) is 29.7. The number of aryl methyl sites for hydroxylation is 2. The van der Waals surface area contributed by atoms with Gasteiger partial charge in [0.1, 0.15) is 11.2 Å². The summed E-state index contributed by atoms with van der Waals surface area (Å²) in [6.07, 6.45) is 7.02. The van der Waals surface area contributed by atoms with Crippen LogP contribution in [0.1, 0.15) is 50.7 Å². The topological polar surface area (TPSA) is 13.1 Å². The standard InChI is InChI=1S/C48H40O/c1-3-5-13-31-15-11-16-33(27-31)34-17-12-18-35(30-34)45-37-19-7-9-21-39(37)47(40-22-10-8-20-38(40)45)41-25-26-43-48-42(41)24-23-36-28-32(14-6-4-2)29-44(49-43)46(36)48/h7-12,15-30H,3-6,13-14H2,1-2H3. The van der Waals surface area contributed by atoms with Gasteiger partial charge in [0, 0.05) is 10.8 Å². The van der Waals surface area contributed by atoms with Crippen LogP contribution in [0.2, 0.25) is 0 Å². The molecule has 9 aromatic rings. The highest BCUT2D eigenvalue weighted by Crippen LogP contribution is 2.48. The van der Waals surface area contributed by atoms with Gasteiger partial charge in [-0.15, -0.1) is 0 Å². The van der Waals surface area contributed by atoms with Crippen LogP contribution in [0.5, 0.6) is 0 Å². The van der Waals surface area contributed by atoms with Crippen LogP contribution >= 0.6 is 0 Å². The van der Waals surface area contributed by atoms with E-state index in [9.17, 15) is 0 Å². The minimum Gasteiger partial charge on any atom is -0.456 e. The van der Waals surface area contributed by atoms with Crippen LogP contribution in [0.25, 0.3) is 87.6 Å². The summed E-state index contributed by atoms with van der Waals surface area (Å²) < 4.78 is 6.55. The van der Waals surface area contributed by atoms with Crippen molar-refractivity contribution in [1.82, 2.24) is 0 Å². The molecule has 0 fully saturated rings. The zero-order valence-corrected chi connectivity index (χ0v) is 28.4. The van der Waals surface area contributed by atoms with Gasteiger partial charge in [0.2, 0.25) is 0 Å². The van der Waals surface area contributed by atoms with Gasteiger partial charge in [-0.25, -0.2) is 0 Å². The first-order valence-corrected chi connectivity index (χ1v) is 18.1. The predicted molar refractivity (Wildman–Crippen MR) is 211 cm³/mol. The third kappa shape index (κ3) is 4.99. The van der Waals surface area contributed by atoms with E-state index in [1.165, 1.54) is 113 Å². The van der Waals surface area contributed by atoms with E-state index < -0.39 is 0 Å². The number of fused-ring (bicyclic) bond motifs is 2. The van der Waals surface area contributed by atoms with Crippen LogP contribution in [0.3, 0.4) is 0 Å². The van der Waals surface area contributed by atoms with Crippen LogP contribution in [-0.2, 0) is 12.8 Å². The Labute approximate surface area is 288 Å². The molecule has 0 N–H and O–H groups in total. The maximum absolute atomic E-state index is 6.55. The van der Waals surface area contributed by atoms with E-state index in [4.69, 9.17) is 4.42 Å².